The van der Waals surface area contributed by atoms with E-state index in [2.05, 4.69) is 17.0 Å². The number of anilines is 2. The first kappa shape index (κ1) is 26.1. The van der Waals surface area contributed by atoms with Gasteiger partial charge in [-0.1, -0.05) is 58.7 Å². The summed E-state index contributed by atoms with van der Waals surface area (Å²) in [6.45, 7) is 7.83. The molecule has 0 saturated carbocycles. The second-order valence-corrected chi connectivity index (χ2v) is 8.72. The topological polar surface area (TPSA) is 34.6 Å². The van der Waals surface area contributed by atoms with Crippen LogP contribution in [0.1, 0.15) is 16.7 Å². The molecule has 0 N–H and O–H groups in total. The second kappa shape index (κ2) is 10.6. The van der Waals surface area contributed by atoms with Gasteiger partial charge in [0.25, 0.3) is 0 Å². The quantitative estimate of drug-likeness (QED) is 0.191. The zero-order valence-corrected chi connectivity index (χ0v) is 22.3. The molecular weight excluding hydrogens is 649 g/mol. The maximum absolute atomic E-state index is 15.3. The van der Waals surface area contributed by atoms with Crippen molar-refractivity contribution in [1.82, 2.24) is 0 Å². The van der Waals surface area contributed by atoms with Gasteiger partial charge in [-0.05, 0) is 12.1 Å². The molecule has 0 unspecified atom stereocenters. The molecule has 0 saturated heterocycles. The van der Waals surface area contributed by atoms with Crippen LogP contribution in [0.5, 0.6) is 0 Å². The zero-order chi connectivity index (χ0) is 25.4. The summed E-state index contributed by atoms with van der Waals surface area (Å²) < 4.78 is 30.6. The van der Waals surface area contributed by atoms with E-state index >= 15 is 8.78 Å². The smallest absolute Gasteiger partial charge is 0.379 e. The Morgan fingerprint density at radius 3 is 1.84 bits per heavy atom. The van der Waals surface area contributed by atoms with Crippen LogP contribution in [-0.2, 0) is 34.2 Å². The first-order valence-corrected chi connectivity index (χ1v) is 11.3. The van der Waals surface area contributed by atoms with Crippen molar-refractivity contribution in [3.05, 3.63) is 113 Å². The molecule has 0 aromatic heterocycles. The average Bonchev–Trinajstić information content (AvgIpc) is 2.90. The summed E-state index contributed by atoms with van der Waals surface area (Å²) >= 11 is 0. The summed E-state index contributed by atoms with van der Waals surface area (Å²) in [6, 6.07) is 26.3. The molecule has 0 amide bonds. The van der Waals surface area contributed by atoms with Gasteiger partial charge in [-0.15, -0.1) is 29.8 Å². The molecule has 1 aliphatic rings. The van der Waals surface area contributed by atoms with Gasteiger partial charge in [0, 0.05) is 49.9 Å². The Bertz CT molecular complexity index is 1470. The Morgan fingerprint density at radius 1 is 0.838 bits per heavy atom. The van der Waals surface area contributed by atoms with Gasteiger partial charge in [0.1, 0.15) is 5.69 Å². The van der Waals surface area contributed by atoms with Crippen molar-refractivity contribution in [3.8, 4) is 28.3 Å². The molecule has 4 aromatic rings. The SMILES string of the molecule is [C-]#[N+]c1cc2[c-]c(c1F)CN(C)c1ccccc1-c1[c-]c(c(F)c(C#N)c1)CN(C)c1ccccc1-2.[Pt+4]. The molecule has 0 fully saturated rings. The Hall–Kier alpha value is -3.99. The van der Waals surface area contributed by atoms with Crippen molar-refractivity contribution in [3.63, 3.8) is 0 Å². The molecule has 7 heteroatoms. The maximum atomic E-state index is 15.3. The third-order valence-corrected chi connectivity index (χ3v) is 6.37. The van der Waals surface area contributed by atoms with Crippen LogP contribution < -0.4 is 9.80 Å². The standard InChI is InChI=1S/C30H20F2N4.Pt/c1-34-26-15-20-14-23(30(26)32)18-36(3)27-10-6-4-8-24(27)19-12-21(16-33)29(31)22(13-19)17-35(2)28-11-7-5-9-25(20)28;/h4-12,15H,17-18H2,2-3H3;/q-2;+4. The Balaban J connectivity index is 0.00000320. The van der Waals surface area contributed by atoms with Crippen LogP contribution in [0.3, 0.4) is 0 Å². The first-order valence-electron chi connectivity index (χ1n) is 11.3. The molecule has 4 aromatic carbocycles. The fourth-order valence-electron chi connectivity index (χ4n) is 4.62. The van der Waals surface area contributed by atoms with Crippen LogP contribution in [0.25, 0.3) is 27.1 Å². The Kier molecular flexibility index (Phi) is 7.44. The Morgan fingerprint density at radius 2 is 1.32 bits per heavy atom. The normalized spacial score (nSPS) is 12.3. The second-order valence-electron chi connectivity index (χ2n) is 8.72. The Labute approximate surface area is 229 Å². The third-order valence-electron chi connectivity index (χ3n) is 6.37. The average molecular weight is 670 g/mol. The number of fused-ring (bicyclic) bond motifs is 8. The molecule has 1 aliphatic heterocycles. The molecule has 1 heterocycles. The van der Waals surface area contributed by atoms with Gasteiger partial charge in [0.05, 0.1) is 18.5 Å². The van der Waals surface area contributed by atoms with Gasteiger partial charge in [-0.2, -0.15) is 10.8 Å². The minimum atomic E-state index is -0.602. The molecule has 0 atom stereocenters. The predicted octanol–water partition coefficient (Wildman–Crippen LogP) is 6.91. The van der Waals surface area contributed by atoms with Crippen LogP contribution >= 0.6 is 0 Å². The minimum Gasteiger partial charge on any atom is -0.379 e. The number of para-hydroxylation sites is 2. The van der Waals surface area contributed by atoms with Crippen molar-refractivity contribution in [2.75, 3.05) is 23.9 Å². The molecule has 0 radical (unpaired) electrons. The number of hydrogen-bond acceptors (Lipinski definition) is 3. The maximum Gasteiger partial charge on any atom is 4.00 e. The molecule has 4 bridgehead atoms. The molecule has 37 heavy (non-hydrogen) atoms. The number of rotatable bonds is 0. The predicted molar refractivity (Wildman–Crippen MR) is 137 cm³/mol. The molecule has 5 rings (SSSR count). The van der Waals surface area contributed by atoms with E-state index in [1.807, 2.05) is 78.5 Å². The molecule has 0 aliphatic carbocycles. The molecule has 182 valence electrons. The van der Waals surface area contributed by atoms with Crippen molar-refractivity contribution >= 4 is 17.1 Å². The summed E-state index contributed by atoms with van der Waals surface area (Å²) in [5.74, 6) is -1.20. The van der Waals surface area contributed by atoms with E-state index in [1.165, 1.54) is 12.1 Å². The van der Waals surface area contributed by atoms with Gasteiger partial charge >= 0.3 is 21.1 Å². The van der Waals surface area contributed by atoms with Gasteiger partial charge in [0.15, 0.2) is 0 Å². The minimum absolute atomic E-state index is 0. The number of nitrogens with zero attached hydrogens (tertiary/aromatic N) is 4. The zero-order valence-electron chi connectivity index (χ0n) is 20.0. The summed E-state index contributed by atoms with van der Waals surface area (Å²) in [7, 11) is 3.64. The van der Waals surface area contributed by atoms with Crippen molar-refractivity contribution < 1.29 is 29.8 Å². The van der Waals surface area contributed by atoms with E-state index in [9.17, 15) is 5.26 Å². The van der Waals surface area contributed by atoms with E-state index in [0.717, 1.165) is 22.5 Å². The van der Waals surface area contributed by atoms with Gasteiger partial charge in [0.2, 0.25) is 0 Å². The van der Waals surface area contributed by atoms with Crippen LogP contribution in [0.15, 0.2) is 60.7 Å². The van der Waals surface area contributed by atoms with E-state index in [4.69, 9.17) is 6.57 Å². The number of halogens is 2. The van der Waals surface area contributed by atoms with E-state index in [1.54, 1.807) is 0 Å². The van der Waals surface area contributed by atoms with Crippen molar-refractivity contribution in [2.45, 2.75) is 13.1 Å². The third kappa shape index (κ3) is 4.74. The largest absolute Gasteiger partial charge is 4.00 e. The summed E-state index contributed by atoms with van der Waals surface area (Å²) in [5, 5.41) is 9.65. The summed E-state index contributed by atoms with van der Waals surface area (Å²) in [6.07, 6.45) is 0. The van der Waals surface area contributed by atoms with Gasteiger partial charge < -0.3 is 9.80 Å². The molecule has 4 nitrogen and oxygen atoms in total. The fourth-order valence-corrected chi connectivity index (χ4v) is 4.62. The van der Waals surface area contributed by atoms with Crippen LogP contribution in [0, 0.1) is 41.7 Å². The van der Waals surface area contributed by atoms with E-state index in [-0.39, 0.29) is 56.5 Å². The van der Waals surface area contributed by atoms with Crippen molar-refractivity contribution in [1.29, 1.82) is 5.26 Å². The van der Waals surface area contributed by atoms with Gasteiger partial charge in [-0.25, -0.2) is 0 Å². The molecule has 0 spiro atoms. The van der Waals surface area contributed by atoms with Crippen LogP contribution in [0.4, 0.5) is 25.8 Å². The summed E-state index contributed by atoms with van der Waals surface area (Å²) in [5.41, 5.74) is 4.54. The number of nitriles is 1. The fraction of sp³-hybridized carbons (Fsp3) is 0.133. The van der Waals surface area contributed by atoms with Crippen LogP contribution in [-0.4, -0.2) is 14.1 Å². The van der Waals surface area contributed by atoms with E-state index in [0.29, 0.717) is 11.1 Å². The van der Waals surface area contributed by atoms with Crippen LogP contribution in [0.2, 0.25) is 0 Å². The first-order chi connectivity index (χ1) is 17.4. The molecular formula is C30H20F2N4Pt+2. The number of hydrogen-bond donors (Lipinski definition) is 0. The summed E-state index contributed by atoms with van der Waals surface area (Å²) in [4.78, 5) is 7.13. The monoisotopic (exact) mass is 669 g/mol. The van der Waals surface area contributed by atoms with Crippen molar-refractivity contribution in [2.24, 2.45) is 0 Å². The number of benzene rings is 4. The van der Waals surface area contributed by atoms with Gasteiger partial charge in [-0.3, -0.25) is 13.6 Å². The van der Waals surface area contributed by atoms with E-state index < -0.39 is 11.6 Å².